The molecule has 0 saturated heterocycles. The molecule has 1 atom stereocenters. The number of aliphatic carboxylic acids is 1. The van der Waals surface area contributed by atoms with Gasteiger partial charge in [-0.1, -0.05) is 25.8 Å². The topological polar surface area (TPSA) is 63.6 Å². The van der Waals surface area contributed by atoms with Crippen molar-refractivity contribution in [3.05, 3.63) is 12.2 Å². The van der Waals surface area contributed by atoms with Gasteiger partial charge in [-0.3, -0.25) is 4.79 Å². The first kappa shape index (κ1) is 18.6. The van der Waals surface area contributed by atoms with Crippen molar-refractivity contribution in [1.29, 1.82) is 0 Å². The second-order valence-corrected chi connectivity index (χ2v) is 6.03. The summed E-state index contributed by atoms with van der Waals surface area (Å²) in [7, 11) is 5.80. The fourth-order valence-corrected chi connectivity index (χ4v) is 1.84. The number of unbranched alkanes of at least 4 members (excludes halogenated alkanes) is 3. The molecule has 0 aromatic heterocycles. The number of carbonyl (C=O) groups is 2. The fourth-order valence-electron chi connectivity index (χ4n) is 1.84. The Balaban J connectivity index is 4.27. The van der Waals surface area contributed by atoms with Crippen LogP contribution in [0.2, 0.25) is 0 Å². The van der Waals surface area contributed by atoms with Crippen molar-refractivity contribution in [2.75, 3.05) is 27.7 Å². The summed E-state index contributed by atoms with van der Waals surface area (Å²) in [5.41, 5.74) is 0. The zero-order valence-electron chi connectivity index (χ0n) is 13.1. The van der Waals surface area contributed by atoms with Crippen LogP contribution in [-0.2, 0) is 14.3 Å². The molecule has 0 aliphatic carbocycles. The van der Waals surface area contributed by atoms with E-state index in [1.807, 2.05) is 21.1 Å². The van der Waals surface area contributed by atoms with Crippen LogP contribution in [0.1, 0.15) is 39.0 Å². The lowest BCUT2D eigenvalue weighted by Crippen LogP contribution is -2.43. The number of carboxylic acid groups (broad SMARTS) is 1. The molecule has 0 rings (SSSR count). The smallest absolute Gasteiger partial charge is 0.330 e. The average molecular weight is 286 g/mol. The standard InChI is InChI=1S/C15H27NO4/c1-5-6-7-8-9-10-15(19)20-13(11-14(17)18)12-16(2,3)4/h9-10,13H,5-8,11-12H2,1-4H3/p+1/b10-9+/t13-/m0/s1. The van der Waals surface area contributed by atoms with E-state index in [0.29, 0.717) is 11.0 Å². The second kappa shape index (κ2) is 9.53. The molecule has 0 radical (unpaired) electrons. The summed E-state index contributed by atoms with van der Waals surface area (Å²) in [5.74, 6) is -1.41. The summed E-state index contributed by atoms with van der Waals surface area (Å²) in [6.45, 7) is 2.60. The number of ether oxygens (including phenoxy) is 1. The molecule has 0 heterocycles. The summed E-state index contributed by atoms with van der Waals surface area (Å²) in [4.78, 5) is 22.4. The van der Waals surface area contributed by atoms with Crippen LogP contribution in [0.5, 0.6) is 0 Å². The van der Waals surface area contributed by atoms with Crippen molar-refractivity contribution in [3.63, 3.8) is 0 Å². The van der Waals surface area contributed by atoms with E-state index in [-0.39, 0.29) is 6.42 Å². The molecule has 0 aliphatic rings. The van der Waals surface area contributed by atoms with Gasteiger partial charge in [0.15, 0.2) is 6.10 Å². The molecule has 20 heavy (non-hydrogen) atoms. The average Bonchev–Trinajstić information content (AvgIpc) is 2.25. The van der Waals surface area contributed by atoms with Crippen LogP contribution in [0.4, 0.5) is 0 Å². The lowest BCUT2D eigenvalue weighted by molar-refractivity contribution is -0.873. The predicted molar refractivity (Wildman–Crippen MR) is 78.3 cm³/mol. The van der Waals surface area contributed by atoms with Gasteiger partial charge in [-0.15, -0.1) is 0 Å². The highest BCUT2D eigenvalue weighted by Gasteiger charge is 2.23. The van der Waals surface area contributed by atoms with Crippen molar-refractivity contribution in [2.45, 2.75) is 45.1 Å². The molecule has 0 spiro atoms. The molecule has 116 valence electrons. The zero-order valence-corrected chi connectivity index (χ0v) is 13.1. The Hall–Kier alpha value is -1.36. The molecular formula is C15H28NO4+. The Labute approximate surface area is 121 Å². The normalized spacial score (nSPS) is 13.4. The van der Waals surface area contributed by atoms with Crippen molar-refractivity contribution in [1.82, 2.24) is 0 Å². The Bertz CT molecular complexity index is 331. The maximum absolute atomic E-state index is 11.6. The lowest BCUT2D eigenvalue weighted by Gasteiger charge is -2.28. The Morgan fingerprint density at radius 3 is 2.40 bits per heavy atom. The highest BCUT2D eigenvalue weighted by molar-refractivity contribution is 5.82. The first-order chi connectivity index (χ1) is 9.24. The number of hydrogen-bond acceptors (Lipinski definition) is 3. The van der Waals surface area contributed by atoms with E-state index in [4.69, 9.17) is 9.84 Å². The van der Waals surface area contributed by atoms with Gasteiger partial charge in [0.2, 0.25) is 0 Å². The second-order valence-electron chi connectivity index (χ2n) is 6.03. The van der Waals surface area contributed by atoms with E-state index in [0.717, 1.165) is 25.7 Å². The van der Waals surface area contributed by atoms with Crippen molar-refractivity contribution in [3.8, 4) is 0 Å². The van der Waals surface area contributed by atoms with Gasteiger partial charge in [-0.25, -0.2) is 4.79 Å². The van der Waals surface area contributed by atoms with Crippen LogP contribution in [-0.4, -0.2) is 55.3 Å². The van der Waals surface area contributed by atoms with E-state index in [1.54, 1.807) is 6.08 Å². The third-order valence-corrected chi connectivity index (χ3v) is 2.66. The molecule has 0 bridgehead atoms. The van der Waals surface area contributed by atoms with Crippen LogP contribution in [0.15, 0.2) is 12.2 Å². The lowest BCUT2D eigenvalue weighted by atomic mass is 10.2. The summed E-state index contributed by atoms with van der Waals surface area (Å²) in [6.07, 6.45) is 6.62. The zero-order chi connectivity index (χ0) is 15.6. The van der Waals surface area contributed by atoms with E-state index < -0.39 is 18.0 Å². The van der Waals surface area contributed by atoms with E-state index in [1.165, 1.54) is 6.08 Å². The van der Waals surface area contributed by atoms with Crippen LogP contribution >= 0.6 is 0 Å². The minimum atomic E-state index is -0.955. The van der Waals surface area contributed by atoms with E-state index in [2.05, 4.69) is 6.92 Å². The van der Waals surface area contributed by atoms with E-state index >= 15 is 0 Å². The van der Waals surface area contributed by atoms with Gasteiger partial charge in [0.05, 0.1) is 27.6 Å². The molecule has 5 nitrogen and oxygen atoms in total. The molecule has 0 aromatic rings. The molecule has 0 aromatic carbocycles. The molecule has 0 aliphatic heterocycles. The third kappa shape index (κ3) is 11.7. The first-order valence-electron chi connectivity index (χ1n) is 7.14. The number of nitrogens with zero attached hydrogens (tertiary/aromatic N) is 1. The van der Waals surface area contributed by atoms with Gasteiger partial charge in [0, 0.05) is 6.08 Å². The maximum atomic E-state index is 11.6. The monoisotopic (exact) mass is 286 g/mol. The van der Waals surface area contributed by atoms with Crippen LogP contribution in [0.25, 0.3) is 0 Å². The first-order valence-corrected chi connectivity index (χ1v) is 7.14. The molecular weight excluding hydrogens is 258 g/mol. The quantitative estimate of drug-likeness (QED) is 0.289. The number of likely N-dealkylation sites (N-methyl/N-ethyl adjacent to an activating group) is 1. The largest absolute Gasteiger partial charge is 0.481 e. The Kier molecular flexibility index (Phi) is 8.88. The number of carbonyl (C=O) groups excluding carboxylic acids is 1. The van der Waals surface area contributed by atoms with Gasteiger partial charge in [-0.2, -0.15) is 0 Å². The van der Waals surface area contributed by atoms with Crippen LogP contribution < -0.4 is 0 Å². The predicted octanol–water partition coefficient (Wildman–Crippen LogP) is 2.22. The van der Waals surface area contributed by atoms with E-state index in [9.17, 15) is 9.59 Å². The number of allylic oxidation sites excluding steroid dienone is 1. The Morgan fingerprint density at radius 1 is 1.25 bits per heavy atom. The number of rotatable bonds is 10. The van der Waals surface area contributed by atoms with Crippen molar-refractivity contribution >= 4 is 11.9 Å². The number of carboxylic acids is 1. The third-order valence-electron chi connectivity index (χ3n) is 2.66. The molecule has 0 amide bonds. The molecule has 0 saturated carbocycles. The molecule has 0 fully saturated rings. The maximum Gasteiger partial charge on any atom is 0.330 e. The molecule has 5 heteroatoms. The highest BCUT2D eigenvalue weighted by atomic mass is 16.5. The SMILES string of the molecule is CCCCC/C=C/C(=O)O[C@@H](CC(=O)O)C[N+](C)(C)C. The number of esters is 1. The fraction of sp³-hybridized carbons (Fsp3) is 0.733. The summed E-state index contributed by atoms with van der Waals surface area (Å²) in [6, 6.07) is 0. The van der Waals surface area contributed by atoms with Gasteiger partial charge in [0.1, 0.15) is 6.54 Å². The van der Waals surface area contributed by atoms with Gasteiger partial charge in [-0.05, 0) is 12.8 Å². The van der Waals surface area contributed by atoms with Gasteiger partial charge in [0.25, 0.3) is 0 Å². The minimum Gasteiger partial charge on any atom is -0.481 e. The Morgan fingerprint density at radius 2 is 1.90 bits per heavy atom. The van der Waals surface area contributed by atoms with Crippen molar-refractivity contribution < 1.29 is 23.9 Å². The van der Waals surface area contributed by atoms with Crippen molar-refractivity contribution in [2.24, 2.45) is 0 Å². The minimum absolute atomic E-state index is 0.162. The van der Waals surface area contributed by atoms with Gasteiger partial charge >= 0.3 is 11.9 Å². The van der Waals surface area contributed by atoms with Gasteiger partial charge < -0.3 is 14.3 Å². The van der Waals surface area contributed by atoms with Crippen LogP contribution in [0, 0.1) is 0 Å². The number of quaternary nitrogens is 1. The summed E-state index contributed by atoms with van der Waals surface area (Å²) < 4.78 is 5.77. The molecule has 0 unspecified atom stereocenters. The number of hydrogen-bond donors (Lipinski definition) is 1. The summed E-state index contributed by atoms with van der Waals surface area (Å²) in [5, 5.41) is 8.85. The highest BCUT2D eigenvalue weighted by Crippen LogP contribution is 2.06. The van der Waals surface area contributed by atoms with Crippen LogP contribution in [0.3, 0.4) is 0 Å². The molecule has 1 N–H and O–H groups in total. The summed E-state index contributed by atoms with van der Waals surface area (Å²) >= 11 is 0.